The predicted molar refractivity (Wildman–Crippen MR) is 113 cm³/mol. The average molecular weight is 451 g/mol. The molecule has 0 heterocycles. The Hall–Kier alpha value is -2.96. The number of benzene rings is 2. The van der Waals surface area contributed by atoms with E-state index in [2.05, 4.69) is 0 Å². The lowest BCUT2D eigenvalue weighted by Gasteiger charge is -2.15. The Morgan fingerprint density at radius 2 is 1.00 bits per heavy atom. The van der Waals surface area contributed by atoms with E-state index in [0.717, 1.165) is 0 Å². The van der Waals surface area contributed by atoms with Crippen LogP contribution in [-0.4, -0.2) is 25.2 Å². The topological polar surface area (TPSA) is 71.1 Å². The van der Waals surface area contributed by atoms with Crippen LogP contribution in [0.25, 0.3) is 0 Å². The number of ether oxygens (including phenoxy) is 4. The van der Waals surface area contributed by atoms with Gasteiger partial charge in [0.1, 0.15) is 22.6 Å². The van der Waals surface area contributed by atoms with E-state index in [0.29, 0.717) is 11.5 Å². The van der Waals surface area contributed by atoms with Gasteiger partial charge in [-0.1, -0.05) is 36.4 Å². The third-order valence-electron chi connectivity index (χ3n) is 3.50. The van der Waals surface area contributed by atoms with Crippen LogP contribution in [0.5, 0.6) is 11.5 Å². The fourth-order valence-electron chi connectivity index (χ4n) is 2.25. The second-order valence-corrected chi connectivity index (χ2v) is 6.26. The van der Waals surface area contributed by atoms with Crippen molar-refractivity contribution in [1.82, 2.24) is 0 Å². The molecule has 0 saturated carbocycles. The van der Waals surface area contributed by atoms with Crippen molar-refractivity contribution in [2.45, 2.75) is 13.8 Å². The first-order valence-corrected chi connectivity index (χ1v) is 9.83. The highest BCUT2D eigenvalue weighted by Gasteiger charge is 2.32. The first kappa shape index (κ1) is 23.3. The monoisotopic (exact) mass is 450 g/mol. The summed E-state index contributed by atoms with van der Waals surface area (Å²) in [4.78, 5) is 25.4. The van der Waals surface area contributed by atoms with E-state index in [4.69, 9.17) is 42.1 Å². The van der Waals surface area contributed by atoms with Crippen molar-refractivity contribution < 1.29 is 28.5 Å². The van der Waals surface area contributed by atoms with E-state index in [1.165, 1.54) is 0 Å². The Kier molecular flexibility index (Phi) is 9.25. The standard InChI is InChI=1S/C22H20Cl2O6/c1-3-27-21(25)17(19(23)29-15-11-7-5-8-12-15)18(22(26)28-4-2)20(24)30-16-13-9-6-10-14-16/h5-14H,3-4H2,1-2H3/b19-17-,20-18+. The molecule has 0 N–H and O–H groups in total. The summed E-state index contributed by atoms with van der Waals surface area (Å²) in [6.07, 6.45) is 0. The molecule has 0 aliphatic carbocycles. The summed E-state index contributed by atoms with van der Waals surface area (Å²) in [7, 11) is 0. The predicted octanol–water partition coefficient (Wildman–Crippen LogP) is 5.17. The first-order chi connectivity index (χ1) is 14.5. The Morgan fingerprint density at radius 3 is 1.30 bits per heavy atom. The maximum atomic E-state index is 12.7. The molecule has 0 aliphatic rings. The van der Waals surface area contributed by atoms with Crippen molar-refractivity contribution in [3.8, 4) is 11.5 Å². The Balaban J connectivity index is 2.59. The summed E-state index contributed by atoms with van der Waals surface area (Å²) in [5.74, 6) is -1.16. The maximum Gasteiger partial charge on any atom is 0.343 e. The highest BCUT2D eigenvalue weighted by molar-refractivity contribution is 6.35. The third kappa shape index (κ3) is 6.54. The molecule has 0 spiro atoms. The molecule has 0 bridgehead atoms. The van der Waals surface area contributed by atoms with Crippen LogP contribution < -0.4 is 9.47 Å². The molecular formula is C22H20Cl2O6. The van der Waals surface area contributed by atoms with Crippen molar-refractivity contribution in [1.29, 1.82) is 0 Å². The molecule has 6 nitrogen and oxygen atoms in total. The number of hydrogen-bond donors (Lipinski definition) is 0. The lowest BCUT2D eigenvalue weighted by atomic mass is 10.1. The summed E-state index contributed by atoms with van der Waals surface area (Å²) in [5.41, 5.74) is -0.830. The van der Waals surface area contributed by atoms with Gasteiger partial charge in [0, 0.05) is 0 Å². The first-order valence-electron chi connectivity index (χ1n) is 9.07. The molecule has 158 valence electrons. The van der Waals surface area contributed by atoms with Crippen molar-refractivity contribution in [3.05, 3.63) is 82.2 Å². The second-order valence-electron chi connectivity index (χ2n) is 5.57. The van der Waals surface area contributed by atoms with E-state index in [1.807, 2.05) is 0 Å². The zero-order valence-corrected chi connectivity index (χ0v) is 17.9. The molecule has 0 unspecified atom stereocenters. The van der Waals surface area contributed by atoms with Crippen LogP contribution in [0, 0.1) is 0 Å². The van der Waals surface area contributed by atoms with Gasteiger partial charge in [0.2, 0.25) is 10.4 Å². The number of carbonyl (C=O) groups excluding carboxylic acids is 2. The van der Waals surface area contributed by atoms with E-state index >= 15 is 0 Å². The SMILES string of the molecule is CCOC(=O)C(=C(\Cl)Oc1ccccc1)/C(C(=O)OCC)=C(\Cl)Oc1ccccc1. The van der Waals surface area contributed by atoms with Gasteiger partial charge >= 0.3 is 11.9 Å². The summed E-state index contributed by atoms with van der Waals surface area (Å²) < 4.78 is 21.2. The minimum atomic E-state index is -0.920. The molecule has 0 saturated heterocycles. The molecule has 0 fully saturated rings. The summed E-state index contributed by atoms with van der Waals surface area (Å²) >= 11 is 12.6. The summed E-state index contributed by atoms with van der Waals surface area (Å²) in [6.45, 7) is 3.28. The van der Waals surface area contributed by atoms with Crippen LogP contribution >= 0.6 is 23.2 Å². The fourth-order valence-corrected chi connectivity index (χ4v) is 2.78. The van der Waals surface area contributed by atoms with Crippen LogP contribution in [0.2, 0.25) is 0 Å². The molecule has 0 aromatic heterocycles. The number of carbonyl (C=O) groups is 2. The minimum absolute atomic E-state index is 0.0328. The van der Waals surface area contributed by atoms with Gasteiger partial charge in [0.25, 0.3) is 0 Å². The van der Waals surface area contributed by atoms with Crippen molar-refractivity contribution in [2.24, 2.45) is 0 Å². The highest BCUT2D eigenvalue weighted by Crippen LogP contribution is 2.29. The van der Waals surface area contributed by atoms with Crippen molar-refractivity contribution >= 4 is 35.1 Å². The maximum absolute atomic E-state index is 12.7. The third-order valence-corrected chi connectivity index (χ3v) is 4.04. The summed E-state index contributed by atoms with van der Waals surface area (Å²) in [5, 5.41) is -0.838. The largest absolute Gasteiger partial charge is 0.462 e. The van der Waals surface area contributed by atoms with Gasteiger partial charge in [-0.05, 0) is 61.3 Å². The molecular weight excluding hydrogens is 431 g/mol. The molecule has 0 aliphatic heterocycles. The molecule has 0 atom stereocenters. The van der Waals surface area contributed by atoms with Gasteiger partial charge < -0.3 is 18.9 Å². The van der Waals surface area contributed by atoms with Crippen molar-refractivity contribution in [3.63, 3.8) is 0 Å². The zero-order chi connectivity index (χ0) is 21.9. The zero-order valence-electron chi connectivity index (χ0n) is 16.4. The molecule has 0 amide bonds. The lowest BCUT2D eigenvalue weighted by Crippen LogP contribution is -2.21. The van der Waals surface area contributed by atoms with Crippen molar-refractivity contribution in [2.75, 3.05) is 13.2 Å². The Morgan fingerprint density at radius 1 is 0.667 bits per heavy atom. The lowest BCUT2D eigenvalue weighted by molar-refractivity contribution is -0.142. The number of esters is 2. The van der Waals surface area contributed by atoms with E-state index in [1.54, 1.807) is 74.5 Å². The average Bonchev–Trinajstić information content (AvgIpc) is 2.73. The van der Waals surface area contributed by atoms with E-state index in [9.17, 15) is 9.59 Å². The van der Waals surface area contributed by atoms with Gasteiger partial charge in [0.15, 0.2) is 0 Å². The van der Waals surface area contributed by atoms with Gasteiger partial charge in [-0.2, -0.15) is 0 Å². The molecule has 2 aromatic rings. The van der Waals surface area contributed by atoms with Crippen LogP contribution in [-0.2, 0) is 19.1 Å². The number of para-hydroxylation sites is 2. The van der Waals surface area contributed by atoms with Gasteiger partial charge in [-0.25, -0.2) is 9.59 Å². The van der Waals surface area contributed by atoms with Gasteiger partial charge in [0.05, 0.1) is 13.2 Å². The van der Waals surface area contributed by atoms with E-state index in [-0.39, 0.29) is 13.2 Å². The smallest absolute Gasteiger partial charge is 0.343 e. The number of hydrogen-bond acceptors (Lipinski definition) is 6. The van der Waals surface area contributed by atoms with Crippen LogP contribution in [0.1, 0.15) is 13.8 Å². The van der Waals surface area contributed by atoms with Crippen LogP contribution in [0.15, 0.2) is 82.2 Å². The second kappa shape index (κ2) is 11.9. The molecule has 8 heteroatoms. The van der Waals surface area contributed by atoms with Gasteiger partial charge in [-0.3, -0.25) is 0 Å². The minimum Gasteiger partial charge on any atom is -0.462 e. The fraction of sp³-hybridized carbons (Fsp3) is 0.182. The van der Waals surface area contributed by atoms with E-state index < -0.39 is 33.5 Å². The van der Waals surface area contributed by atoms with Gasteiger partial charge in [-0.15, -0.1) is 0 Å². The quantitative estimate of drug-likeness (QED) is 0.227. The van der Waals surface area contributed by atoms with Crippen LogP contribution in [0.4, 0.5) is 0 Å². The Labute approximate surface area is 184 Å². The summed E-state index contributed by atoms with van der Waals surface area (Å²) in [6, 6.07) is 16.9. The molecule has 0 radical (unpaired) electrons. The molecule has 30 heavy (non-hydrogen) atoms. The Bertz CT molecular complexity index is 846. The highest BCUT2D eigenvalue weighted by atomic mass is 35.5. The van der Waals surface area contributed by atoms with Crippen LogP contribution in [0.3, 0.4) is 0 Å². The number of halogens is 2. The molecule has 2 rings (SSSR count). The normalized spacial score (nSPS) is 12.3. The number of rotatable bonds is 9. The molecule has 2 aromatic carbocycles.